The van der Waals surface area contributed by atoms with Gasteiger partial charge in [0, 0.05) is 54.4 Å². The number of alkyl halides is 2. The Hall–Kier alpha value is -2.25. The van der Waals surface area contributed by atoms with Crippen LogP contribution in [0.1, 0.15) is 21.6 Å². The van der Waals surface area contributed by atoms with E-state index in [4.69, 9.17) is 23.2 Å². The molecule has 1 atom stereocenters. The number of carboxylic acid groups (broad SMARTS) is 1. The summed E-state index contributed by atoms with van der Waals surface area (Å²) in [6.07, 6.45) is 3.11. The van der Waals surface area contributed by atoms with Gasteiger partial charge in [-0.1, -0.05) is 6.07 Å². The van der Waals surface area contributed by atoms with Gasteiger partial charge in [-0.15, -0.1) is 23.2 Å². The minimum Gasteiger partial charge on any atom is -0.480 e. The Morgan fingerprint density at radius 1 is 1.30 bits per heavy atom. The van der Waals surface area contributed by atoms with Gasteiger partial charge in [0.15, 0.2) is 0 Å². The lowest BCUT2D eigenvalue weighted by Gasteiger charge is -2.25. The van der Waals surface area contributed by atoms with Crippen molar-refractivity contribution in [2.24, 2.45) is 0 Å². The van der Waals surface area contributed by atoms with E-state index in [-0.39, 0.29) is 6.42 Å². The first-order chi connectivity index (χ1) is 13.0. The lowest BCUT2D eigenvalue weighted by molar-refractivity contribution is -0.139. The zero-order chi connectivity index (χ0) is 19.8. The summed E-state index contributed by atoms with van der Waals surface area (Å²) >= 11 is 11.7. The molecule has 27 heavy (non-hydrogen) atoms. The summed E-state index contributed by atoms with van der Waals surface area (Å²) in [5.41, 5.74) is 2.83. The number of carbonyl (C=O) groups excluding carboxylic acids is 1. The minimum atomic E-state index is -1.11. The van der Waals surface area contributed by atoms with Crippen LogP contribution >= 0.6 is 23.2 Å². The molecule has 0 aliphatic heterocycles. The first-order valence-corrected chi connectivity index (χ1v) is 9.51. The van der Waals surface area contributed by atoms with Gasteiger partial charge in [-0.05, 0) is 24.6 Å². The molecule has 0 radical (unpaired) electrons. The van der Waals surface area contributed by atoms with Crippen molar-refractivity contribution in [3.8, 4) is 0 Å². The van der Waals surface area contributed by atoms with Crippen LogP contribution in [0.15, 0.2) is 30.7 Å². The highest BCUT2D eigenvalue weighted by atomic mass is 35.5. The monoisotopic (exact) mass is 412 g/mol. The molecular weight excluding hydrogens is 391 g/mol. The summed E-state index contributed by atoms with van der Waals surface area (Å²) in [5.74, 6) is -0.716. The van der Waals surface area contributed by atoms with Gasteiger partial charge in [-0.2, -0.15) is 0 Å². The predicted molar refractivity (Wildman–Crippen MR) is 106 cm³/mol. The van der Waals surface area contributed by atoms with Gasteiger partial charge in [0.2, 0.25) is 0 Å². The van der Waals surface area contributed by atoms with Gasteiger partial charge in [0.1, 0.15) is 6.04 Å². The third-order valence-electron chi connectivity index (χ3n) is 4.10. The van der Waals surface area contributed by atoms with Crippen molar-refractivity contribution in [2.75, 3.05) is 29.7 Å². The van der Waals surface area contributed by atoms with Gasteiger partial charge in [0.05, 0.1) is 6.33 Å². The molecule has 0 bridgehead atoms. The zero-order valence-electron chi connectivity index (χ0n) is 14.9. The van der Waals surface area contributed by atoms with Crippen LogP contribution in [0.5, 0.6) is 0 Å². The average molecular weight is 413 g/mol. The minimum absolute atomic E-state index is 0.115. The maximum atomic E-state index is 12.6. The van der Waals surface area contributed by atoms with Crippen molar-refractivity contribution >= 4 is 40.8 Å². The van der Waals surface area contributed by atoms with E-state index in [9.17, 15) is 14.7 Å². The Bertz CT molecular complexity index is 762. The molecule has 0 aliphatic carbocycles. The highest BCUT2D eigenvalue weighted by Gasteiger charge is 2.22. The quantitative estimate of drug-likeness (QED) is 0.520. The molecule has 0 spiro atoms. The summed E-state index contributed by atoms with van der Waals surface area (Å²) in [6.45, 7) is 3.13. The van der Waals surface area contributed by atoms with Crippen LogP contribution in [0.3, 0.4) is 0 Å². The highest BCUT2D eigenvalue weighted by Crippen LogP contribution is 2.22. The summed E-state index contributed by atoms with van der Waals surface area (Å²) in [6, 6.07) is 4.16. The van der Waals surface area contributed by atoms with Crippen molar-refractivity contribution in [1.82, 2.24) is 15.3 Å². The number of aryl methyl sites for hydroxylation is 1. The number of hydrogen-bond acceptors (Lipinski definition) is 4. The normalized spacial score (nSPS) is 11.8. The van der Waals surface area contributed by atoms with Gasteiger partial charge in [-0.3, -0.25) is 4.79 Å². The lowest BCUT2D eigenvalue weighted by atomic mass is 10.1. The van der Waals surface area contributed by atoms with Crippen molar-refractivity contribution in [3.63, 3.8) is 0 Å². The van der Waals surface area contributed by atoms with E-state index in [1.54, 1.807) is 12.1 Å². The fourth-order valence-electron chi connectivity index (χ4n) is 2.71. The number of rotatable bonds is 10. The fraction of sp³-hybridized carbons (Fsp3) is 0.389. The van der Waals surface area contributed by atoms with Crippen molar-refractivity contribution in [2.45, 2.75) is 19.4 Å². The molecule has 146 valence electrons. The molecule has 1 heterocycles. The van der Waals surface area contributed by atoms with Crippen molar-refractivity contribution in [3.05, 3.63) is 47.5 Å². The zero-order valence-corrected chi connectivity index (χ0v) is 16.4. The molecule has 0 saturated heterocycles. The molecular formula is C18H22Cl2N4O3. The topological polar surface area (TPSA) is 98.3 Å². The number of amides is 1. The highest BCUT2D eigenvalue weighted by molar-refractivity contribution is 6.18. The van der Waals surface area contributed by atoms with E-state index in [1.165, 1.54) is 12.5 Å². The number of hydrogen-bond donors (Lipinski definition) is 3. The molecule has 0 fully saturated rings. The first-order valence-electron chi connectivity index (χ1n) is 8.44. The third kappa shape index (κ3) is 5.87. The van der Waals surface area contributed by atoms with Crippen LogP contribution < -0.4 is 10.2 Å². The van der Waals surface area contributed by atoms with Crippen molar-refractivity contribution < 1.29 is 14.7 Å². The number of H-pyrrole nitrogens is 1. The van der Waals surface area contributed by atoms with E-state index < -0.39 is 17.9 Å². The van der Waals surface area contributed by atoms with Crippen LogP contribution in [0.4, 0.5) is 5.69 Å². The molecule has 1 amide bonds. The number of nitrogens with zero attached hydrogens (tertiary/aromatic N) is 2. The Labute approximate surface area is 167 Å². The SMILES string of the molecule is Cc1ccc(C(=O)N[C@@H](Cc2cnc[nH]2)C(=O)O)cc1N(CCCl)CCCl. The molecule has 7 nitrogen and oxygen atoms in total. The maximum absolute atomic E-state index is 12.6. The second-order valence-corrected chi connectivity index (χ2v) is 6.77. The number of anilines is 1. The van der Waals surface area contributed by atoms with Gasteiger partial charge in [-0.25, -0.2) is 9.78 Å². The Kier molecular flexibility index (Phi) is 7.94. The van der Waals surface area contributed by atoms with E-state index in [0.717, 1.165) is 11.3 Å². The average Bonchev–Trinajstić information content (AvgIpc) is 3.14. The molecule has 0 unspecified atom stereocenters. The number of aromatic nitrogens is 2. The second kappa shape index (κ2) is 10.2. The summed E-state index contributed by atoms with van der Waals surface area (Å²) in [4.78, 5) is 32.8. The molecule has 3 N–H and O–H groups in total. The van der Waals surface area contributed by atoms with E-state index in [2.05, 4.69) is 15.3 Å². The van der Waals surface area contributed by atoms with Crippen molar-refractivity contribution in [1.29, 1.82) is 0 Å². The van der Waals surface area contributed by atoms with Crippen LogP contribution in [-0.2, 0) is 11.2 Å². The van der Waals surface area contributed by atoms with Crippen LogP contribution in [0.25, 0.3) is 0 Å². The second-order valence-electron chi connectivity index (χ2n) is 6.01. The number of benzene rings is 1. The molecule has 0 aliphatic rings. The Morgan fingerprint density at radius 2 is 2.00 bits per heavy atom. The number of carbonyl (C=O) groups is 2. The van der Waals surface area contributed by atoms with Crippen LogP contribution in [0, 0.1) is 6.92 Å². The Balaban J connectivity index is 2.19. The number of carboxylic acids is 1. The van der Waals surface area contributed by atoms with Crippen LogP contribution in [-0.4, -0.2) is 57.8 Å². The fourth-order valence-corrected chi connectivity index (χ4v) is 3.11. The van der Waals surface area contributed by atoms with E-state index in [1.807, 2.05) is 17.9 Å². The number of aromatic amines is 1. The van der Waals surface area contributed by atoms with E-state index in [0.29, 0.717) is 36.1 Å². The molecule has 1 aromatic carbocycles. The maximum Gasteiger partial charge on any atom is 0.326 e. The Morgan fingerprint density at radius 3 is 2.56 bits per heavy atom. The first kappa shape index (κ1) is 21.1. The number of halogens is 2. The standard InChI is InChI=1S/C18H22Cl2N4O3/c1-12-2-3-13(8-16(12)24(6-4-19)7-5-20)17(25)23-15(18(26)27)9-14-10-21-11-22-14/h2-3,8,10-11,15H,4-7,9H2,1H3,(H,21,22)(H,23,25)(H,26,27)/t15-/m0/s1. The van der Waals surface area contributed by atoms with Gasteiger partial charge >= 0.3 is 5.97 Å². The van der Waals surface area contributed by atoms with Gasteiger partial charge < -0.3 is 20.3 Å². The van der Waals surface area contributed by atoms with Crippen LogP contribution in [0.2, 0.25) is 0 Å². The van der Waals surface area contributed by atoms with E-state index >= 15 is 0 Å². The summed E-state index contributed by atoms with van der Waals surface area (Å²) in [5, 5.41) is 12.0. The smallest absolute Gasteiger partial charge is 0.326 e. The number of nitrogens with one attached hydrogen (secondary N) is 2. The predicted octanol–water partition coefficient (Wildman–Crippen LogP) is 2.43. The third-order valence-corrected chi connectivity index (χ3v) is 4.44. The van der Waals surface area contributed by atoms with Gasteiger partial charge in [0.25, 0.3) is 5.91 Å². The molecule has 2 rings (SSSR count). The summed E-state index contributed by atoms with van der Waals surface area (Å²) in [7, 11) is 0. The summed E-state index contributed by atoms with van der Waals surface area (Å²) < 4.78 is 0. The largest absolute Gasteiger partial charge is 0.480 e. The lowest BCUT2D eigenvalue weighted by Crippen LogP contribution is -2.42. The molecule has 0 saturated carbocycles. The number of aliphatic carboxylic acids is 1. The number of imidazole rings is 1. The molecule has 2 aromatic rings. The molecule has 1 aromatic heterocycles. The molecule has 9 heteroatoms.